The van der Waals surface area contributed by atoms with E-state index < -0.39 is 0 Å². The topological polar surface area (TPSA) is 51.7 Å². The lowest BCUT2D eigenvalue weighted by atomic mass is 10.1. The van der Waals surface area contributed by atoms with Crippen LogP contribution < -0.4 is 16.0 Å². The molecule has 1 heterocycles. The zero-order chi connectivity index (χ0) is 16.2. The van der Waals surface area contributed by atoms with Gasteiger partial charge in [0.15, 0.2) is 5.96 Å². The van der Waals surface area contributed by atoms with Crippen LogP contribution in [-0.2, 0) is 0 Å². The Morgan fingerprint density at radius 3 is 2.42 bits per heavy atom. The van der Waals surface area contributed by atoms with Crippen molar-refractivity contribution in [3.63, 3.8) is 0 Å². The highest BCUT2D eigenvalue weighted by atomic mass is 127. The van der Waals surface area contributed by atoms with Gasteiger partial charge >= 0.3 is 0 Å². The molecular weight excluding hydrogens is 413 g/mol. The molecule has 1 aromatic rings. The molecule has 1 saturated heterocycles. The Morgan fingerprint density at radius 1 is 1.00 bits per heavy atom. The molecular formula is C18H32IN5. The molecule has 6 heteroatoms. The Kier molecular flexibility index (Phi) is 11.6. The predicted molar refractivity (Wildman–Crippen MR) is 115 cm³/mol. The van der Waals surface area contributed by atoms with Crippen molar-refractivity contribution in [2.75, 3.05) is 51.6 Å². The SMILES string of the molecule is CN=C(NCCCNc1ccccc1)NCCN1CCCCC1.I. The lowest BCUT2D eigenvalue weighted by Crippen LogP contribution is -2.43. The van der Waals surface area contributed by atoms with E-state index in [4.69, 9.17) is 0 Å². The molecule has 0 spiro atoms. The summed E-state index contributed by atoms with van der Waals surface area (Å²) in [5.74, 6) is 0.904. The highest BCUT2D eigenvalue weighted by Crippen LogP contribution is 2.07. The second-order valence-corrected chi connectivity index (χ2v) is 5.97. The third-order valence-corrected chi connectivity index (χ3v) is 4.14. The molecule has 1 aliphatic rings. The summed E-state index contributed by atoms with van der Waals surface area (Å²) in [4.78, 5) is 6.82. The van der Waals surface area contributed by atoms with Crippen LogP contribution >= 0.6 is 24.0 Å². The Balaban J connectivity index is 0.00000288. The lowest BCUT2D eigenvalue weighted by molar-refractivity contribution is 0.232. The smallest absolute Gasteiger partial charge is 0.191 e. The number of hydrogen-bond donors (Lipinski definition) is 3. The van der Waals surface area contributed by atoms with Gasteiger partial charge in [-0.2, -0.15) is 0 Å². The quantitative estimate of drug-likeness (QED) is 0.249. The number of halogens is 1. The Morgan fingerprint density at radius 2 is 1.71 bits per heavy atom. The van der Waals surface area contributed by atoms with Crippen molar-refractivity contribution >= 4 is 35.6 Å². The maximum absolute atomic E-state index is 4.28. The van der Waals surface area contributed by atoms with E-state index in [1.165, 1.54) is 38.0 Å². The van der Waals surface area contributed by atoms with Gasteiger partial charge in [0, 0.05) is 38.9 Å². The van der Waals surface area contributed by atoms with E-state index in [9.17, 15) is 0 Å². The van der Waals surface area contributed by atoms with Crippen LogP contribution in [0.25, 0.3) is 0 Å². The van der Waals surface area contributed by atoms with Gasteiger partial charge in [0.25, 0.3) is 0 Å². The summed E-state index contributed by atoms with van der Waals surface area (Å²) in [6, 6.07) is 10.3. The van der Waals surface area contributed by atoms with E-state index in [0.717, 1.165) is 38.6 Å². The van der Waals surface area contributed by atoms with Gasteiger partial charge in [-0.1, -0.05) is 24.6 Å². The summed E-state index contributed by atoms with van der Waals surface area (Å²) in [6.07, 6.45) is 5.15. The van der Waals surface area contributed by atoms with Gasteiger partial charge in [-0.15, -0.1) is 24.0 Å². The molecule has 0 saturated carbocycles. The molecule has 0 atom stereocenters. The molecule has 0 aliphatic carbocycles. The Hall–Kier alpha value is -1.02. The lowest BCUT2D eigenvalue weighted by Gasteiger charge is -2.26. The van der Waals surface area contributed by atoms with Gasteiger partial charge in [0.1, 0.15) is 0 Å². The van der Waals surface area contributed by atoms with E-state index in [2.05, 4.69) is 50.1 Å². The van der Waals surface area contributed by atoms with E-state index >= 15 is 0 Å². The van der Waals surface area contributed by atoms with E-state index in [1.807, 2.05) is 13.1 Å². The zero-order valence-corrected chi connectivity index (χ0v) is 17.1. The van der Waals surface area contributed by atoms with Crippen molar-refractivity contribution in [3.05, 3.63) is 30.3 Å². The van der Waals surface area contributed by atoms with Crippen molar-refractivity contribution in [1.82, 2.24) is 15.5 Å². The molecule has 0 bridgehead atoms. The van der Waals surface area contributed by atoms with Crippen molar-refractivity contribution in [3.8, 4) is 0 Å². The van der Waals surface area contributed by atoms with Crippen LogP contribution in [-0.4, -0.2) is 57.2 Å². The third kappa shape index (κ3) is 8.73. The minimum absolute atomic E-state index is 0. The number of hydrogen-bond acceptors (Lipinski definition) is 3. The van der Waals surface area contributed by atoms with E-state index in [-0.39, 0.29) is 24.0 Å². The van der Waals surface area contributed by atoms with E-state index in [1.54, 1.807) is 0 Å². The van der Waals surface area contributed by atoms with Crippen molar-refractivity contribution in [2.45, 2.75) is 25.7 Å². The van der Waals surface area contributed by atoms with Crippen LogP contribution in [0.15, 0.2) is 35.3 Å². The van der Waals surface area contributed by atoms with Gasteiger partial charge in [-0.05, 0) is 44.5 Å². The largest absolute Gasteiger partial charge is 0.385 e. The zero-order valence-electron chi connectivity index (χ0n) is 14.8. The number of nitrogens with one attached hydrogen (secondary N) is 3. The van der Waals surface area contributed by atoms with Crippen molar-refractivity contribution < 1.29 is 0 Å². The molecule has 3 N–H and O–H groups in total. The average molecular weight is 445 g/mol. The van der Waals surface area contributed by atoms with Crippen LogP contribution in [0.1, 0.15) is 25.7 Å². The summed E-state index contributed by atoms with van der Waals surface area (Å²) < 4.78 is 0. The first-order valence-electron chi connectivity index (χ1n) is 8.84. The summed E-state index contributed by atoms with van der Waals surface area (Å²) in [7, 11) is 1.83. The van der Waals surface area contributed by atoms with Crippen LogP contribution in [0.3, 0.4) is 0 Å². The van der Waals surface area contributed by atoms with Crippen molar-refractivity contribution in [2.24, 2.45) is 4.99 Å². The highest BCUT2D eigenvalue weighted by Gasteiger charge is 2.09. The molecule has 0 unspecified atom stereocenters. The number of guanidine groups is 1. The van der Waals surface area contributed by atoms with Crippen LogP contribution in [0.2, 0.25) is 0 Å². The van der Waals surface area contributed by atoms with Crippen LogP contribution in [0.5, 0.6) is 0 Å². The summed E-state index contributed by atoms with van der Waals surface area (Å²) in [6.45, 7) is 6.45. The summed E-state index contributed by atoms with van der Waals surface area (Å²) in [5, 5.41) is 10.2. The van der Waals surface area contributed by atoms with Gasteiger partial charge in [0.2, 0.25) is 0 Å². The summed E-state index contributed by atoms with van der Waals surface area (Å²) in [5.41, 5.74) is 1.18. The number of piperidine rings is 1. The number of rotatable bonds is 8. The second-order valence-electron chi connectivity index (χ2n) is 5.97. The number of anilines is 1. The fraction of sp³-hybridized carbons (Fsp3) is 0.611. The predicted octanol–water partition coefficient (Wildman–Crippen LogP) is 2.76. The number of aliphatic imine (C=N–C) groups is 1. The minimum atomic E-state index is 0. The first-order valence-corrected chi connectivity index (χ1v) is 8.84. The monoisotopic (exact) mass is 445 g/mol. The van der Waals surface area contributed by atoms with E-state index in [0.29, 0.717) is 0 Å². The number of likely N-dealkylation sites (tertiary alicyclic amines) is 1. The molecule has 136 valence electrons. The molecule has 2 rings (SSSR count). The molecule has 1 fully saturated rings. The van der Waals surface area contributed by atoms with Crippen molar-refractivity contribution in [1.29, 1.82) is 0 Å². The standard InChI is InChI=1S/C18H31N5.HI/c1-19-18(22-13-16-23-14-6-3-7-15-23)21-12-8-11-20-17-9-4-2-5-10-17;/h2,4-5,9-10,20H,3,6-8,11-16H2,1H3,(H2,19,21,22);1H. The summed E-state index contributed by atoms with van der Waals surface area (Å²) >= 11 is 0. The maximum Gasteiger partial charge on any atom is 0.191 e. The molecule has 0 radical (unpaired) electrons. The minimum Gasteiger partial charge on any atom is -0.385 e. The van der Waals surface area contributed by atoms with Gasteiger partial charge in [-0.25, -0.2) is 0 Å². The molecule has 1 aromatic carbocycles. The third-order valence-electron chi connectivity index (χ3n) is 4.14. The van der Waals surface area contributed by atoms with Crippen LogP contribution in [0.4, 0.5) is 5.69 Å². The van der Waals surface area contributed by atoms with Gasteiger partial charge in [-0.3, -0.25) is 4.99 Å². The second kappa shape index (κ2) is 13.3. The molecule has 5 nitrogen and oxygen atoms in total. The normalized spacial score (nSPS) is 15.5. The number of para-hydroxylation sites is 1. The average Bonchev–Trinajstić information content (AvgIpc) is 2.61. The highest BCUT2D eigenvalue weighted by molar-refractivity contribution is 14.0. The Labute approximate surface area is 163 Å². The molecule has 1 aliphatic heterocycles. The van der Waals surface area contributed by atoms with Gasteiger partial charge < -0.3 is 20.9 Å². The fourth-order valence-corrected chi connectivity index (χ4v) is 2.82. The fourth-order valence-electron chi connectivity index (χ4n) is 2.82. The Bertz CT molecular complexity index is 446. The maximum atomic E-state index is 4.28. The first kappa shape index (κ1) is 21.0. The molecule has 24 heavy (non-hydrogen) atoms. The number of nitrogens with zero attached hydrogens (tertiary/aromatic N) is 2. The molecule has 0 aromatic heterocycles. The number of benzene rings is 1. The van der Waals surface area contributed by atoms with Gasteiger partial charge in [0.05, 0.1) is 0 Å². The van der Waals surface area contributed by atoms with Crippen LogP contribution in [0, 0.1) is 0 Å². The first-order chi connectivity index (χ1) is 11.4. The molecule has 0 amide bonds.